The molecule has 2 heterocycles. The van der Waals surface area contributed by atoms with Crippen LogP contribution in [-0.4, -0.2) is 55.0 Å². The zero-order chi connectivity index (χ0) is 19.8. The molecule has 3 rings (SSSR count). The van der Waals surface area contributed by atoms with Crippen molar-refractivity contribution in [2.75, 3.05) is 31.5 Å². The van der Waals surface area contributed by atoms with Crippen LogP contribution in [0.2, 0.25) is 5.02 Å². The molecule has 0 spiro atoms. The van der Waals surface area contributed by atoms with Crippen molar-refractivity contribution in [1.82, 2.24) is 14.4 Å². The Hall–Kier alpha value is -2.10. The summed E-state index contributed by atoms with van der Waals surface area (Å²) < 4.78 is 32.0. The quantitative estimate of drug-likeness (QED) is 0.836. The lowest BCUT2D eigenvalue weighted by Crippen LogP contribution is -2.51. The number of benzene rings is 1. The molecule has 10 heteroatoms. The van der Waals surface area contributed by atoms with Crippen LogP contribution in [0.1, 0.15) is 17.0 Å². The second kappa shape index (κ2) is 7.49. The monoisotopic (exact) mass is 412 g/mol. The molecule has 2 aromatic rings. The predicted octanol–water partition coefficient (Wildman–Crippen LogP) is 2.79. The maximum absolute atomic E-state index is 12.8. The van der Waals surface area contributed by atoms with Crippen LogP contribution in [0.3, 0.4) is 0 Å². The molecular weight excluding hydrogens is 392 g/mol. The van der Waals surface area contributed by atoms with Crippen LogP contribution in [0.4, 0.5) is 10.5 Å². The summed E-state index contributed by atoms with van der Waals surface area (Å²) in [7, 11) is -3.70. The Labute approximate surface area is 163 Å². The van der Waals surface area contributed by atoms with Crippen molar-refractivity contribution in [2.45, 2.75) is 25.7 Å². The first-order valence-corrected chi connectivity index (χ1v) is 10.3. The summed E-state index contributed by atoms with van der Waals surface area (Å²) >= 11 is 5.98. The van der Waals surface area contributed by atoms with E-state index in [1.807, 2.05) is 13.0 Å². The molecule has 8 nitrogen and oxygen atoms in total. The molecule has 1 aliphatic rings. The highest BCUT2D eigenvalue weighted by Crippen LogP contribution is 2.25. The molecule has 2 amide bonds. The van der Waals surface area contributed by atoms with Gasteiger partial charge in [0.1, 0.15) is 10.6 Å². The minimum Gasteiger partial charge on any atom is -0.360 e. The predicted molar refractivity (Wildman–Crippen MR) is 102 cm³/mol. The van der Waals surface area contributed by atoms with Crippen molar-refractivity contribution in [2.24, 2.45) is 0 Å². The standard InChI is InChI=1S/C17H21ClN4O4S/c1-11-4-5-14(18)10-15(11)19-17(23)21-6-8-22(9-7-21)27(24,25)16-12(2)20-26-13(16)3/h4-5,10H,6-9H2,1-3H3,(H,19,23). The molecule has 0 bridgehead atoms. The fourth-order valence-corrected chi connectivity index (χ4v) is 4.91. The van der Waals surface area contributed by atoms with Gasteiger partial charge in [-0.15, -0.1) is 0 Å². The number of nitrogens with zero attached hydrogens (tertiary/aromatic N) is 3. The third kappa shape index (κ3) is 3.95. The Kier molecular flexibility index (Phi) is 5.45. The van der Waals surface area contributed by atoms with Gasteiger partial charge in [0.15, 0.2) is 5.76 Å². The maximum Gasteiger partial charge on any atom is 0.321 e. The van der Waals surface area contributed by atoms with E-state index in [0.717, 1.165) is 5.56 Å². The minimum atomic E-state index is -3.70. The smallest absolute Gasteiger partial charge is 0.321 e. The number of halogens is 1. The highest BCUT2D eigenvalue weighted by atomic mass is 35.5. The van der Waals surface area contributed by atoms with Gasteiger partial charge in [-0.05, 0) is 38.5 Å². The number of aryl methyl sites for hydroxylation is 3. The molecule has 27 heavy (non-hydrogen) atoms. The van der Waals surface area contributed by atoms with Crippen molar-refractivity contribution < 1.29 is 17.7 Å². The van der Waals surface area contributed by atoms with Gasteiger partial charge in [-0.1, -0.05) is 22.8 Å². The molecule has 1 N–H and O–H groups in total. The van der Waals surface area contributed by atoms with E-state index < -0.39 is 10.0 Å². The number of carbonyl (C=O) groups is 1. The lowest BCUT2D eigenvalue weighted by Gasteiger charge is -2.34. The second-order valence-corrected chi connectivity index (χ2v) is 8.75. The van der Waals surface area contributed by atoms with Crippen molar-refractivity contribution in [3.8, 4) is 0 Å². The molecule has 1 aromatic heterocycles. The normalized spacial score (nSPS) is 15.8. The number of hydrogen-bond acceptors (Lipinski definition) is 5. The van der Waals surface area contributed by atoms with Crippen LogP contribution >= 0.6 is 11.6 Å². The SMILES string of the molecule is Cc1ccc(Cl)cc1NC(=O)N1CCN(S(=O)(=O)c2c(C)noc2C)CC1. The van der Waals surface area contributed by atoms with Crippen molar-refractivity contribution in [1.29, 1.82) is 0 Å². The Morgan fingerprint density at radius 1 is 1.19 bits per heavy atom. The Morgan fingerprint density at radius 2 is 1.85 bits per heavy atom. The fourth-order valence-electron chi connectivity index (χ4n) is 3.03. The lowest BCUT2D eigenvalue weighted by molar-refractivity contribution is 0.184. The largest absolute Gasteiger partial charge is 0.360 e. The van der Waals surface area contributed by atoms with Crippen LogP contribution in [-0.2, 0) is 10.0 Å². The first kappa shape index (κ1) is 19.7. The molecule has 1 aliphatic heterocycles. The fraction of sp³-hybridized carbons (Fsp3) is 0.412. The van der Waals surface area contributed by atoms with Crippen molar-refractivity contribution in [3.05, 3.63) is 40.2 Å². The summed E-state index contributed by atoms with van der Waals surface area (Å²) in [6, 6.07) is 4.99. The Morgan fingerprint density at radius 3 is 2.44 bits per heavy atom. The molecule has 0 unspecified atom stereocenters. The molecule has 0 aliphatic carbocycles. The summed E-state index contributed by atoms with van der Waals surface area (Å²) in [5.41, 5.74) is 1.87. The molecule has 1 fully saturated rings. The Balaban J connectivity index is 1.66. The van der Waals surface area contributed by atoms with Gasteiger partial charge < -0.3 is 14.7 Å². The summed E-state index contributed by atoms with van der Waals surface area (Å²) in [5, 5.41) is 7.08. The lowest BCUT2D eigenvalue weighted by atomic mass is 10.2. The molecule has 1 aromatic carbocycles. The highest BCUT2D eigenvalue weighted by Gasteiger charge is 2.34. The van der Waals surface area contributed by atoms with Gasteiger partial charge in [0.05, 0.1) is 0 Å². The van der Waals surface area contributed by atoms with Crippen LogP contribution in [0, 0.1) is 20.8 Å². The average molecular weight is 413 g/mol. The first-order chi connectivity index (χ1) is 12.7. The van der Waals surface area contributed by atoms with E-state index in [1.54, 1.807) is 30.9 Å². The number of nitrogens with one attached hydrogen (secondary N) is 1. The number of hydrogen-bond donors (Lipinski definition) is 1. The number of anilines is 1. The molecule has 146 valence electrons. The maximum atomic E-state index is 12.8. The molecule has 1 saturated heterocycles. The minimum absolute atomic E-state index is 0.106. The van der Waals surface area contributed by atoms with E-state index in [0.29, 0.717) is 16.4 Å². The zero-order valence-corrected chi connectivity index (χ0v) is 16.9. The van der Waals surface area contributed by atoms with Crippen molar-refractivity contribution >= 4 is 33.3 Å². The average Bonchev–Trinajstić information content (AvgIpc) is 2.97. The van der Waals surface area contributed by atoms with Gasteiger partial charge in [0.2, 0.25) is 10.0 Å². The molecular formula is C17H21ClN4O4S. The van der Waals surface area contributed by atoms with Crippen LogP contribution < -0.4 is 5.32 Å². The number of piperazine rings is 1. The van der Waals surface area contributed by atoms with Gasteiger partial charge >= 0.3 is 6.03 Å². The second-order valence-electron chi connectivity index (χ2n) is 6.43. The van der Waals surface area contributed by atoms with E-state index >= 15 is 0 Å². The summed E-state index contributed by atoms with van der Waals surface area (Å²) in [6.07, 6.45) is 0. The number of urea groups is 1. The molecule has 0 atom stereocenters. The summed E-state index contributed by atoms with van der Waals surface area (Å²) in [6.45, 7) is 6.02. The van der Waals surface area contributed by atoms with Crippen molar-refractivity contribution in [3.63, 3.8) is 0 Å². The molecule has 0 radical (unpaired) electrons. The molecule has 0 saturated carbocycles. The van der Waals surface area contributed by atoms with E-state index in [2.05, 4.69) is 10.5 Å². The van der Waals surface area contributed by atoms with Crippen LogP contribution in [0.15, 0.2) is 27.6 Å². The van der Waals surface area contributed by atoms with E-state index in [-0.39, 0.29) is 42.9 Å². The highest BCUT2D eigenvalue weighted by molar-refractivity contribution is 7.89. The third-order valence-corrected chi connectivity index (χ3v) is 6.91. The van der Waals surface area contributed by atoms with Gasteiger partial charge in [0.25, 0.3) is 0 Å². The van der Waals surface area contributed by atoms with E-state index in [9.17, 15) is 13.2 Å². The Bertz CT molecular complexity index is 946. The van der Waals surface area contributed by atoms with Gasteiger partial charge in [-0.2, -0.15) is 4.31 Å². The third-order valence-electron chi connectivity index (χ3n) is 4.53. The number of aromatic nitrogens is 1. The first-order valence-electron chi connectivity index (χ1n) is 8.45. The summed E-state index contributed by atoms with van der Waals surface area (Å²) in [5.74, 6) is 0.268. The van der Waals surface area contributed by atoms with E-state index in [4.69, 9.17) is 16.1 Å². The van der Waals surface area contributed by atoms with Gasteiger partial charge in [0, 0.05) is 36.9 Å². The van der Waals surface area contributed by atoms with Gasteiger partial charge in [-0.25, -0.2) is 13.2 Å². The summed E-state index contributed by atoms with van der Waals surface area (Å²) in [4.78, 5) is 14.2. The topological polar surface area (TPSA) is 95.8 Å². The van der Waals surface area contributed by atoms with Crippen LogP contribution in [0.5, 0.6) is 0 Å². The number of carbonyl (C=O) groups excluding carboxylic acids is 1. The van der Waals surface area contributed by atoms with Gasteiger partial charge in [-0.3, -0.25) is 0 Å². The number of amides is 2. The zero-order valence-electron chi connectivity index (χ0n) is 15.3. The number of rotatable bonds is 3. The van der Waals surface area contributed by atoms with E-state index in [1.165, 1.54) is 4.31 Å². The van der Waals surface area contributed by atoms with Crippen LogP contribution in [0.25, 0.3) is 0 Å². The number of sulfonamides is 1.